The number of aliphatic carboxylic acids is 1. The molecule has 1 saturated heterocycles. The molecule has 0 spiro atoms. The number of carbonyl (C=O) groups is 2. The molecule has 0 radical (unpaired) electrons. The predicted octanol–water partition coefficient (Wildman–Crippen LogP) is 2.59. The number of piperidine rings is 1. The second kappa shape index (κ2) is 6.10. The van der Waals surface area contributed by atoms with Crippen molar-refractivity contribution >= 4 is 23.6 Å². The highest BCUT2D eigenvalue weighted by Crippen LogP contribution is 2.38. The van der Waals surface area contributed by atoms with Crippen molar-refractivity contribution in [2.24, 2.45) is 5.92 Å². The van der Waals surface area contributed by atoms with Gasteiger partial charge in [-0.1, -0.05) is 18.2 Å². The minimum atomic E-state index is -0.735. The van der Waals surface area contributed by atoms with Crippen LogP contribution in [0.1, 0.15) is 30.7 Å². The first-order valence-corrected chi connectivity index (χ1v) is 8.38. The Kier molecular flexibility index (Phi) is 4.19. The van der Waals surface area contributed by atoms with Crippen molar-refractivity contribution in [3.63, 3.8) is 0 Å². The summed E-state index contributed by atoms with van der Waals surface area (Å²) in [5.41, 5.74) is 1.14. The van der Waals surface area contributed by atoms with E-state index in [4.69, 9.17) is 5.11 Å². The minimum absolute atomic E-state index is 0.0520. The zero-order chi connectivity index (χ0) is 14.8. The summed E-state index contributed by atoms with van der Waals surface area (Å²) in [6, 6.07) is 8.13. The molecule has 2 aliphatic heterocycles. The van der Waals surface area contributed by atoms with E-state index in [-0.39, 0.29) is 17.7 Å². The van der Waals surface area contributed by atoms with Gasteiger partial charge in [0.05, 0.1) is 11.8 Å². The van der Waals surface area contributed by atoms with E-state index < -0.39 is 5.97 Å². The third-order valence-electron chi connectivity index (χ3n) is 4.41. The highest BCUT2D eigenvalue weighted by Gasteiger charge is 2.33. The number of amides is 1. The monoisotopic (exact) mass is 305 g/mol. The van der Waals surface area contributed by atoms with E-state index in [1.165, 1.54) is 4.90 Å². The summed E-state index contributed by atoms with van der Waals surface area (Å²) in [6.45, 7) is 1.14. The van der Waals surface area contributed by atoms with Crippen molar-refractivity contribution in [2.45, 2.75) is 30.1 Å². The average Bonchev–Trinajstić information content (AvgIpc) is 2.53. The molecule has 4 nitrogen and oxygen atoms in total. The van der Waals surface area contributed by atoms with Gasteiger partial charge in [0.25, 0.3) is 0 Å². The zero-order valence-electron chi connectivity index (χ0n) is 11.8. The fourth-order valence-electron chi connectivity index (χ4n) is 3.17. The van der Waals surface area contributed by atoms with Gasteiger partial charge in [0, 0.05) is 18.0 Å². The summed E-state index contributed by atoms with van der Waals surface area (Å²) >= 11 is 1.81. The zero-order valence-corrected chi connectivity index (χ0v) is 12.6. The first kappa shape index (κ1) is 14.4. The van der Waals surface area contributed by atoms with Gasteiger partial charge in [0.2, 0.25) is 5.91 Å². The maximum atomic E-state index is 12.8. The van der Waals surface area contributed by atoms with Crippen molar-refractivity contribution in [1.29, 1.82) is 0 Å². The Hall–Kier alpha value is -1.49. The second-order valence-electron chi connectivity index (χ2n) is 5.67. The smallest absolute Gasteiger partial charge is 0.306 e. The van der Waals surface area contributed by atoms with Crippen LogP contribution in [0.25, 0.3) is 0 Å². The molecule has 21 heavy (non-hydrogen) atoms. The van der Waals surface area contributed by atoms with E-state index in [1.54, 1.807) is 0 Å². The molecule has 0 bridgehead atoms. The summed E-state index contributed by atoms with van der Waals surface area (Å²) in [4.78, 5) is 26.8. The van der Waals surface area contributed by atoms with Crippen molar-refractivity contribution in [1.82, 2.24) is 4.90 Å². The fourth-order valence-corrected chi connectivity index (χ4v) is 4.29. The lowest BCUT2D eigenvalue weighted by Gasteiger charge is -2.34. The first-order chi connectivity index (χ1) is 10.2. The number of carboxylic acid groups (broad SMARTS) is 1. The predicted molar refractivity (Wildman–Crippen MR) is 81.5 cm³/mol. The molecule has 5 heteroatoms. The summed E-state index contributed by atoms with van der Waals surface area (Å²) in [6.07, 6.45) is 2.02. The maximum Gasteiger partial charge on any atom is 0.306 e. The van der Waals surface area contributed by atoms with Crippen LogP contribution in [0.3, 0.4) is 0 Å². The van der Waals surface area contributed by atoms with Gasteiger partial charge >= 0.3 is 5.97 Å². The largest absolute Gasteiger partial charge is 0.481 e. The van der Waals surface area contributed by atoms with Gasteiger partial charge in [-0.05, 0) is 36.6 Å². The Bertz CT molecular complexity index is 552. The lowest BCUT2D eigenvalue weighted by Crippen LogP contribution is -2.43. The van der Waals surface area contributed by atoms with Gasteiger partial charge in [0.15, 0.2) is 0 Å². The molecule has 1 fully saturated rings. The summed E-state index contributed by atoms with van der Waals surface area (Å²) in [7, 11) is 0. The first-order valence-electron chi connectivity index (χ1n) is 7.40. The lowest BCUT2D eigenvalue weighted by atomic mass is 9.91. The number of nitrogens with zero attached hydrogens (tertiary/aromatic N) is 1. The number of benzene rings is 1. The maximum absolute atomic E-state index is 12.8. The summed E-state index contributed by atoms with van der Waals surface area (Å²) < 4.78 is 0. The molecule has 2 aliphatic rings. The molecule has 1 amide bonds. The van der Waals surface area contributed by atoms with E-state index in [2.05, 4.69) is 6.07 Å². The average molecular weight is 305 g/mol. The van der Waals surface area contributed by atoms with Crippen LogP contribution in [-0.4, -0.2) is 40.7 Å². The van der Waals surface area contributed by atoms with E-state index in [9.17, 15) is 9.59 Å². The highest BCUT2D eigenvalue weighted by molar-refractivity contribution is 7.99. The standard InChI is InChI=1S/C16H19NO3S/c18-15(17-8-5-11(6-9-17)16(19)20)13-7-10-21-14-4-2-1-3-12(13)14/h1-4,11,13H,5-10H2,(H,19,20). The quantitative estimate of drug-likeness (QED) is 0.912. The SMILES string of the molecule is O=C(O)C1CCN(C(=O)C2CCSc3ccccc32)CC1. The molecule has 112 valence electrons. The van der Waals surface area contributed by atoms with Gasteiger partial charge in [-0.2, -0.15) is 0 Å². The molecule has 0 aliphatic carbocycles. The van der Waals surface area contributed by atoms with E-state index in [0.29, 0.717) is 25.9 Å². The van der Waals surface area contributed by atoms with Crippen molar-refractivity contribution in [3.8, 4) is 0 Å². The number of hydrogen-bond donors (Lipinski definition) is 1. The Morgan fingerprint density at radius 1 is 1.14 bits per heavy atom. The van der Waals surface area contributed by atoms with Gasteiger partial charge in [-0.15, -0.1) is 11.8 Å². The van der Waals surface area contributed by atoms with Crippen LogP contribution < -0.4 is 0 Å². The molecule has 1 N–H and O–H groups in total. The number of hydrogen-bond acceptors (Lipinski definition) is 3. The second-order valence-corrected chi connectivity index (χ2v) is 6.80. The van der Waals surface area contributed by atoms with Crippen LogP contribution >= 0.6 is 11.8 Å². The van der Waals surface area contributed by atoms with Crippen LogP contribution in [0.2, 0.25) is 0 Å². The molecule has 3 rings (SSSR count). The van der Waals surface area contributed by atoms with Gasteiger partial charge in [-0.3, -0.25) is 9.59 Å². The minimum Gasteiger partial charge on any atom is -0.481 e. The molecule has 1 aromatic rings. The Morgan fingerprint density at radius 3 is 2.57 bits per heavy atom. The lowest BCUT2D eigenvalue weighted by molar-refractivity contribution is -0.146. The third-order valence-corrected chi connectivity index (χ3v) is 5.54. The van der Waals surface area contributed by atoms with Gasteiger partial charge in [-0.25, -0.2) is 0 Å². The van der Waals surface area contributed by atoms with Crippen LogP contribution in [-0.2, 0) is 9.59 Å². The Morgan fingerprint density at radius 2 is 1.86 bits per heavy atom. The topological polar surface area (TPSA) is 57.6 Å². The van der Waals surface area contributed by atoms with Crippen LogP contribution in [0.15, 0.2) is 29.2 Å². The van der Waals surface area contributed by atoms with Crippen molar-refractivity contribution in [2.75, 3.05) is 18.8 Å². The Balaban J connectivity index is 1.71. The normalized spacial score (nSPS) is 22.7. The van der Waals surface area contributed by atoms with Gasteiger partial charge in [0.1, 0.15) is 0 Å². The van der Waals surface area contributed by atoms with Crippen molar-refractivity contribution in [3.05, 3.63) is 29.8 Å². The number of carboxylic acids is 1. The van der Waals surface area contributed by atoms with Crippen LogP contribution in [0.4, 0.5) is 0 Å². The molecule has 1 aromatic carbocycles. The molecule has 0 saturated carbocycles. The Labute approximate surface area is 128 Å². The molecule has 1 atom stereocenters. The van der Waals surface area contributed by atoms with Crippen molar-refractivity contribution < 1.29 is 14.7 Å². The number of thioether (sulfide) groups is 1. The summed E-state index contributed by atoms with van der Waals surface area (Å²) in [5.74, 6) is 0.0686. The number of likely N-dealkylation sites (tertiary alicyclic amines) is 1. The number of fused-ring (bicyclic) bond motifs is 1. The molecular weight excluding hydrogens is 286 g/mol. The number of rotatable bonds is 2. The van der Waals surface area contributed by atoms with Gasteiger partial charge < -0.3 is 10.0 Å². The molecule has 2 heterocycles. The van der Waals surface area contributed by atoms with E-state index in [0.717, 1.165) is 17.7 Å². The van der Waals surface area contributed by atoms with E-state index >= 15 is 0 Å². The number of carbonyl (C=O) groups excluding carboxylic acids is 1. The highest BCUT2D eigenvalue weighted by atomic mass is 32.2. The van der Waals surface area contributed by atoms with Crippen LogP contribution in [0, 0.1) is 5.92 Å². The molecule has 1 unspecified atom stereocenters. The molecular formula is C16H19NO3S. The van der Waals surface area contributed by atoms with E-state index in [1.807, 2.05) is 34.9 Å². The molecule has 0 aromatic heterocycles. The van der Waals surface area contributed by atoms with Crippen LogP contribution in [0.5, 0.6) is 0 Å². The third kappa shape index (κ3) is 2.93. The fraction of sp³-hybridized carbons (Fsp3) is 0.500. The summed E-state index contributed by atoms with van der Waals surface area (Å²) in [5, 5.41) is 9.04.